The van der Waals surface area contributed by atoms with E-state index in [0.717, 1.165) is 16.9 Å². The summed E-state index contributed by atoms with van der Waals surface area (Å²) in [6, 6.07) is 6.75. The van der Waals surface area contributed by atoms with Crippen molar-refractivity contribution in [2.45, 2.75) is 40.2 Å². The molecule has 0 bridgehead atoms. The molecular formula is C21H23N3O4S. The van der Waals surface area contributed by atoms with E-state index in [1.165, 1.54) is 10.9 Å². The van der Waals surface area contributed by atoms with Crippen LogP contribution < -0.4 is 10.9 Å². The molecule has 0 aliphatic rings. The molecule has 0 radical (unpaired) electrons. The molecule has 1 unspecified atom stereocenters. The summed E-state index contributed by atoms with van der Waals surface area (Å²) in [5.41, 5.74) is 1.89. The molecule has 1 N–H and O–H groups in total. The van der Waals surface area contributed by atoms with Crippen LogP contribution in [0.25, 0.3) is 10.2 Å². The number of nitrogens with zero attached hydrogens (tertiary/aromatic N) is 2. The van der Waals surface area contributed by atoms with Gasteiger partial charge in [0.1, 0.15) is 15.7 Å². The van der Waals surface area contributed by atoms with Gasteiger partial charge < -0.3 is 10.1 Å². The van der Waals surface area contributed by atoms with Gasteiger partial charge in [-0.25, -0.2) is 9.78 Å². The summed E-state index contributed by atoms with van der Waals surface area (Å²) in [4.78, 5) is 43.3. The highest BCUT2D eigenvalue weighted by atomic mass is 32.1. The average molecular weight is 413 g/mol. The molecule has 3 rings (SSSR count). The number of benzene rings is 1. The van der Waals surface area contributed by atoms with Gasteiger partial charge in [-0.3, -0.25) is 14.2 Å². The fraction of sp³-hybridized carbons (Fsp3) is 0.333. The summed E-state index contributed by atoms with van der Waals surface area (Å²) in [6.07, 6.45) is 1.79. The molecule has 0 aliphatic carbocycles. The first-order valence-electron chi connectivity index (χ1n) is 9.42. The summed E-state index contributed by atoms with van der Waals surface area (Å²) in [7, 11) is 0. The van der Waals surface area contributed by atoms with Crippen LogP contribution >= 0.6 is 11.3 Å². The molecule has 152 valence electrons. The fourth-order valence-corrected chi connectivity index (χ4v) is 4.24. The second-order valence-corrected chi connectivity index (χ2v) is 7.70. The van der Waals surface area contributed by atoms with Crippen molar-refractivity contribution >= 4 is 39.1 Å². The zero-order chi connectivity index (χ0) is 21.1. The topological polar surface area (TPSA) is 90.3 Å². The van der Waals surface area contributed by atoms with Gasteiger partial charge in [-0.2, -0.15) is 0 Å². The summed E-state index contributed by atoms with van der Waals surface area (Å²) >= 11 is 1.13. The molecule has 0 aliphatic heterocycles. The zero-order valence-corrected chi connectivity index (χ0v) is 17.6. The standard InChI is InChI=1S/C21H23N3O4S/c1-5-15(18(25)23-14-9-7-8-12(3)10-14)24-11-22-19-16(20(24)26)13(4)17(29-19)21(27)28-6-2/h7-11,15H,5-6H2,1-4H3,(H,23,25). The molecular weight excluding hydrogens is 390 g/mol. The van der Waals surface area contributed by atoms with Gasteiger partial charge in [0.2, 0.25) is 5.91 Å². The quantitative estimate of drug-likeness (QED) is 0.620. The van der Waals surface area contributed by atoms with E-state index in [1.807, 2.05) is 32.0 Å². The number of nitrogens with one attached hydrogen (secondary N) is 1. The lowest BCUT2D eigenvalue weighted by atomic mass is 10.1. The van der Waals surface area contributed by atoms with Gasteiger partial charge in [-0.1, -0.05) is 19.1 Å². The van der Waals surface area contributed by atoms with Crippen LogP contribution in [0.3, 0.4) is 0 Å². The Balaban J connectivity index is 2.00. The number of fused-ring (bicyclic) bond motifs is 1. The lowest BCUT2D eigenvalue weighted by molar-refractivity contribution is -0.119. The zero-order valence-electron chi connectivity index (χ0n) is 16.8. The van der Waals surface area contributed by atoms with E-state index in [9.17, 15) is 14.4 Å². The molecule has 1 aromatic carbocycles. The van der Waals surface area contributed by atoms with Gasteiger partial charge in [-0.05, 0) is 50.5 Å². The number of aromatic nitrogens is 2. The third-order valence-electron chi connectivity index (χ3n) is 4.65. The molecule has 2 aromatic heterocycles. The van der Waals surface area contributed by atoms with Crippen molar-refractivity contribution in [2.24, 2.45) is 0 Å². The monoisotopic (exact) mass is 413 g/mol. The lowest BCUT2D eigenvalue weighted by Crippen LogP contribution is -2.33. The third-order valence-corrected chi connectivity index (χ3v) is 5.83. The van der Waals surface area contributed by atoms with Crippen LogP contribution in [0.1, 0.15) is 47.1 Å². The largest absolute Gasteiger partial charge is 0.462 e. The molecule has 3 aromatic rings. The number of aryl methyl sites for hydroxylation is 2. The Kier molecular flexibility index (Phi) is 6.12. The molecule has 29 heavy (non-hydrogen) atoms. The molecule has 8 heteroatoms. The van der Waals surface area contributed by atoms with Crippen LogP contribution in [-0.4, -0.2) is 28.0 Å². The molecule has 0 fully saturated rings. The maximum atomic E-state index is 13.2. The minimum Gasteiger partial charge on any atom is -0.462 e. The Bertz CT molecular complexity index is 1130. The Morgan fingerprint density at radius 3 is 2.69 bits per heavy atom. The highest BCUT2D eigenvalue weighted by Gasteiger charge is 2.25. The predicted octanol–water partition coefficient (Wildman–Crippen LogP) is 3.84. The number of amides is 1. The van der Waals surface area contributed by atoms with Crippen molar-refractivity contribution in [1.82, 2.24) is 9.55 Å². The molecule has 0 saturated carbocycles. The summed E-state index contributed by atoms with van der Waals surface area (Å²) in [5, 5.41) is 3.21. The van der Waals surface area contributed by atoms with E-state index in [0.29, 0.717) is 32.8 Å². The summed E-state index contributed by atoms with van der Waals surface area (Å²) in [5.74, 6) is -0.761. The number of carbonyl (C=O) groups excluding carboxylic acids is 2. The molecule has 0 saturated heterocycles. The van der Waals surface area contributed by atoms with Crippen molar-refractivity contribution in [2.75, 3.05) is 11.9 Å². The Hall–Kier alpha value is -3.00. The van der Waals surface area contributed by atoms with Crippen molar-refractivity contribution in [1.29, 1.82) is 0 Å². The van der Waals surface area contributed by atoms with E-state index in [4.69, 9.17) is 4.74 Å². The number of hydrogen-bond acceptors (Lipinski definition) is 6. The molecule has 1 amide bonds. The minimum atomic E-state index is -0.717. The molecule has 1 atom stereocenters. The number of carbonyl (C=O) groups is 2. The van der Waals surface area contributed by atoms with Gasteiger partial charge in [0.25, 0.3) is 5.56 Å². The first-order chi connectivity index (χ1) is 13.9. The van der Waals surface area contributed by atoms with Crippen LogP contribution in [0.4, 0.5) is 5.69 Å². The smallest absolute Gasteiger partial charge is 0.348 e. The van der Waals surface area contributed by atoms with Crippen molar-refractivity contribution in [3.8, 4) is 0 Å². The SMILES string of the molecule is CCOC(=O)c1sc2ncn(C(CC)C(=O)Nc3cccc(C)c3)c(=O)c2c1C. The van der Waals surface area contributed by atoms with E-state index in [-0.39, 0.29) is 18.1 Å². The van der Waals surface area contributed by atoms with E-state index >= 15 is 0 Å². The minimum absolute atomic E-state index is 0.251. The maximum absolute atomic E-state index is 13.2. The second-order valence-electron chi connectivity index (χ2n) is 6.70. The van der Waals surface area contributed by atoms with Gasteiger partial charge in [0, 0.05) is 5.69 Å². The Labute approximate surface area is 172 Å². The highest BCUT2D eigenvalue weighted by molar-refractivity contribution is 7.20. The Morgan fingerprint density at radius 2 is 2.03 bits per heavy atom. The second kappa shape index (κ2) is 8.57. The van der Waals surface area contributed by atoms with Crippen LogP contribution in [0.2, 0.25) is 0 Å². The van der Waals surface area contributed by atoms with Crippen molar-refractivity contribution in [3.63, 3.8) is 0 Å². The van der Waals surface area contributed by atoms with E-state index < -0.39 is 12.0 Å². The van der Waals surface area contributed by atoms with Crippen LogP contribution in [0.5, 0.6) is 0 Å². The van der Waals surface area contributed by atoms with Crippen molar-refractivity contribution < 1.29 is 14.3 Å². The number of esters is 1. The number of hydrogen-bond donors (Lipinski definition) is 1. The summed E-state index contributed by atoms with van der Waals surface area (Å²) < 4.78 is 6.40. The van der Waals surface area contributed by atoms with Crippen LogP contribution in [0.15, 0.2) is 35.4 Å². The number of anilines is 1. The highest BCUT2D eigenvalue weighted by Crippen LogP contribution is 2.28. The molecule has 7 nitrogen and oxygen atoms in total. The molecule has 0 spiro atoms. The van der Waals surface area contributed by atoms with Gasteiger partial charge in [0.15, 0.2) is 0 Å². The number of thiophene rings is 1. The van der Waals surface area contributed by atoms with E-state index in [1.54, 1.807) is 19.9 Å². The average Bonchev–Trinajstić information content (AvgIpc) is 3.02. The Morgan fingerprint density at radius 1 is 1.28 bits per heavy atom. The number of ether oxygens (including phenoxy) is 1. The normalized spacial score (nSPS) is 12.0. The first-order valence-corrected chi connectivity index (χ1v) is 10.2. The fourth-order valence-electron chi connectivity index (χ4n) is 3.21. The van der Waals surface area contributed by atoms with E-state index in [2.05, 4.69) is 10.3 Å². The van der Waals surface area contributed by atoms with Gasteiger partial charge >= 0.3 is 5.97 Å². The van der Waals surface area contributed by atoms with Gasteiger partial charge in [0.05, 0.1) is 18.3 Å². The lowest BCUT2D eigenvalue weighted by Gasteiger charge is -2.18. The third kappa shape index (κ3) is 4.07. The summed E-state index contributed by atoms with van der Waals surface area (Å²) in [6.45, 7) is 7.45. The van der Waals surface area contributed by atoms with Crippen LogP contribution in [0, 0.1) is 13.8 Å². The maximum Gasteiger partial charge on any atom is 0.348 e. The molecule has 2 heterocycles. The number of rotatable bonds is 6. The van der Waals surface area contributed by atoms with Gasteiger partial charge in [-0.15, -0.1) is 11.3 Å². The van der Waals surface area contributed by atoms with Crippen LogP contribution in [-0.2, 0) is 9.53 Å². The van der Waals surface area contributed by atoms with Crippen molar-refractivity contribution in [3.05, 3.63) is 57.0 Å². The predicted molar refractivity (Wildman–Crippen MR) is 114 cm³/mol. The first kappa shape index (κ1) is 20.7.